The number of rotatable bonds is 3. The number of carbonyl (C=O) groups is 2. The van der Waals surface area contributed by atoms with Crippen molar-refractivity contribution in [3.05, 3.63) is 29.1 Å². The van der Waals surface area contributed by atoms with Gasteiger partial charge in [0.05, 0.1) is 30.5 Å². The molecule has 1 aliphatic rings. The van der Waals surface area contributed by atoms with E-state index in [-0.39, 0.29) is 18.9 Å². The van der Waals surface area contributed by atoms with E-state index in [4.69, 9.17) is 10.00 Å². The summed E-state index contributed by atoms with van der Waals surface area (Å²) in [6, 6.07) is 4.30. The topological polar surface area (TPSA) is 112 Å². The number of aryl methyl sites for hydroxylation is 1. The molecule has 2 heterocycles. The average Bonchev–Trinajstić information content (AvgIpc) is 2.81. The fourth-order valence-corrected chi connectivity index (χ4v) is 2.12. The van der Waals surface area contributed by atoms with Crippen LogP contribution in [0, 0.1) is 23.7 Å². The van der Waals surface area contributed by atoms with Gasteiger partial charge in [-0.2, -0.15) is 5.26 Å². The fourth-order valence-electron chi connectivity index (χ4n) is 2.12. The van der Waals surface area contributed by atoms with Crippen molar-refractivity contribution in [1.29, 1.82) is 5.26 Å². The van der Waals surface area contributed by atoms with Crippen LogP contribution in [0.15, 0.2) is 12.1 Å². The molecule has 2 unspecified atom stereocenters. The number of amides is 1. The van der Waals surface area contributed by atoms with Gasteiger partial charge in [-0.05, 0) is 26.0 Å². The van der Waals surface area contributed by atoms with Crippen molar-refractivity contribution in [1.82, 2.24) is 10.3 Å². The Hall–Kier alpha value is -2.46. The van der Waals surface area contributed by atoms with E-state index in [1.807, 2.05) is 6.07 Å². The van der Waals surface area contributed by atoms with Gasteiger partial charge in [-0.3, -0.25) is 9.59 Å². The summed E-state index contributed by atoms with van der Waals surface area (Å²) in [7, 11) is 0. The van der Waals surface area contributed by atoms with Crippen molar-refractivity contribution in [3.63, 3.8) is 0 Å². The first-order valence-corrected chi connectivity index (χ1v) is 6.38. The number of nitriles is 1. The minimum atomic E-state index is -1.16. The zero-order valence-electron chi connectivity index (χ0n) is 11.7. The van der Waals surface area contributed by atoms with Crippen LogP contribution in [0.25, 0.3) is 0 Å². The van der Waals surface area contributed by atoms with Crippen LogP contribution in [0.3, 0.4) is 0 Å². The van der Waals surface area contributed by atoms with Crippen molar-refractivity contribution in [2.24, 2.45) is 5.41 Å². The van der Waals surface area contributed by atoms with Crippen LogP contribution in [0.1, 0.15) is 28.7 Å². The molecule has 0 bridgehead atoms. The van der Waals surface area contributed by atoms with Crippen LogP contribution in [0.5, 0.6) is 0 Å². The number of nitrogens with one attached hydrogen (secondary N) is 1. The second-order valence-electron chi connectivity index (χ2n) is 5.21. The van der Waals surface area contributed by atoms with Gasteiger partial charge in [0.2, 0.25) is 0 Å². The summed E-state index contributed by atoms with van der Waals surface area (Å²) in [4.78, 5) is 27.5. The second-order valence-corrected chi connectivity index (χ2v) is 5.21. The molecule has 0 spiro atoms. The number of pyridine rings is 1. The summed E-state index contributed by atoms with van der Waals surface area (Å²) in [5, 5.41) is 20.7. The molecule has 21 heavy (non-hydrogen) atoms. The Balaban J connectivity index is 2.17. The highest BCUT2D eigenvalue weighted by atomic mass is 16.5. The maximum absolute atomic E-state index is 12.2. The highest BCUT2D eigenvalue weighted by Crippen LogP contribution is 2.28. The molecule has 1 fully saturated rings. The van der Waals surface area contributed by atoms with E-state index < -0.39 is 23.3 Å². The molecule has 0 aromatic carbocycles. The van der Waals surface area contributed by atoms with E-state index in [1.54, 1.807) is 6.92 Å². The number of aromatic nitrogens is 1. The summed E-state index contributed by atoms with van der Waals surface area (Å²) in [5.74, 6) is -1.50. The van der Waals surface area contributed by atoms with E-state index in [2.05, 4.69) is 10.3 Å². The van der Waals surface area contributed by atoms with Gasteiger partial charge in [0.1, 0.15) is 17.2 Å². The highest BCUT2D eigenvalue weighted by molar-refractivity contribution is 5.93. The van der Waals surface area contributed by atoms with Crippen molar-refractivity contribution >= 4 is 11.9 Å². The Morgan fingerprint density at radius 3 is 2.86 bits per heavy atom. The van der Waals surface area contributed by atoms with Gasteiger partial charge in [-0.15, -0.1) is 0 Å². The maximum Gasteiger partial charge on any atom is 0.313 e. The predicted molar refractivity (Wildman–Crippen MR) is 71.5 cm³/mol. The predicted octanol–water partition coefficient (Wildman–Crippen LogP) is 0.481. The number of nitrogens with zero attached hydrogens (tertiary/aromatic N) is 2. The Morgan fingerprint density at radius 1 is 1.57 bits per heavy atom. The number of carbonyl (C=O) groups excluding carboxylic acids is 1. The lowest BCUT2D eigenvalue weighted by atomic mass is 9.85. The maximum atomic E-state index is 12.2. The van der Waals surface area contributed by atoms with E-state index in [0.29, 0.717) is 11.3 Å². The largest absolute Gasteiger partial charge is 0.481 e. The number of hydrogen-bond donors (Lipinski definition) is 2. The lowest BCUT2D eigenvalue weighted by molar-refractivity contribution is -0.148. The highest BCUT2D eigenvalue weighted by Gasteiger charge is 2.47. The fraction of sp³-hybridized carbons (Fsp3) is 0.429. The number of hydrogen-bond acceptors (Lipinski definition) is 5. The standard InChI is InChI=1S/C14H15N3O4/c1-8-9(5-15)3-4-10(16-8)12(18)17-11-6-21-7-14(11,2)13(19)20/h3-4,11H,6-7H2,1-2H3,(H,17,18)(H,19,20). The zero-order chi connectivity index (χ0) is 15.6. The summed E-state index contributed by atoms with van der Waals surface area (Å²) in [6.07, 6.45) is 0. The van der Waals surface area contributed by atoms with Gasteiger partial charge >= 0.3 is 5.97 Å². The van der Waals surface area contributed by atoms with E-state index in [9.17, 15) is 14.7 Å². The quantitative estimate of drug-likeness (QED) is 0.837. The summed E-state index contributed by atoms with van der Waals surface area (Å²) >= 11 is 0. The molecule has 1 aromatic rings. The third-order valence-electron chi connectivity index (χ3n) is 3.69. The Labute approximate surface area is 121 Å². The van der Waals surface area contributed by atoms with Gasteiger partial charge in [-0.1, -0.05) is 0 Å². The van der Waals surface area contributed by atoms with Gasteiger partial charge < -0.3 is 15.2 Å². The normalized spacial score (nSPS) is 24.3. The van der Waals surface area contributed by atoms with Crippen molar-refractivity contribution in [2.75, 3.05) is 13.2 Å². The number of carboxylic acid groups (broad SMARTS) is 1. The van der Waals surface area contributed by atoms with Crippen molar-refractivity contribution in [2.45, 2.75) is 19.9 Å². The number of carboxylic acids is 1. The lowest BCUT2D eigenvalue weighted by Gasteiger charge is -2.25. The molecule has 2 N–H and O–H groups in total. The monoisotopic (exact) mass is 289 g/mol. The molecule has 2 rings (SSSR count). The number of ether oxygens (including phenoxy) is 1. The van der Waals surface area contributed by atoms with Crippen LogP contribution in [0.2, 0.25) is 0 Å². The molecule has 1 amide bonds. The first-order valence-electron chi connectivity index (χ1n) is 6.38. The Morgan fingerprint density at radius 2 is 2.29 bits per heavy atom. The van der Waals surface area contributed by atoms with Crippen LogP contribution in [-0.4, -0.2) is 41.2 Å². The smallest absolute Gasteiger partial charge is 0.313 e. The van der Waals surface area contributed by atoms with Crippen molar-refractivity contribution in [3.8, 4) is 6.07 Å². The van der Waals surface area contributed by atoms with E-state index in [1.165, 1.54) is 19.1 Å². The molecule has 1 aromatic heterocycles. The van der Waals surface area contributed by atoms with Crippen LogP contribution < -0.4 is 5.32 Å². The summed E-state index contributed by atoms with van der Waals surface area (Å²) in [5.41, 5.74) is -0.164. The first-order chi connectivity index (χ1) is 9.88. The molecule has 110 valence electrons. The van der Waals surface area contributed by atoms with Gasteiger partial charge in [0.25, 0.3) is 5.91 Å². The molecular weight excluding hydrogens is 274 g/mol. The van der Waals surface area contributed by atoms with E-state index in [0.717, 1.165) is 0 Å². The molecule has 7 nitrogen and oxygen atoms in total. The summed E-state index contributed by atoms with van der Waals surface area (Å²) in [6.45, 7) is 3.36. The second kappa shape index (κ2) is 5.50. The molecule has 0 aliphatic carbocycles. The van der Waals surface area contributed by atoms with Crippen LogP contribution >= 0.6 is 0 Å². The molecule has 0 saturated carbocycles. The molecule has 1 saturated heterocycles. The van der Waals surface area contributed by atoms with Gasteiger partial charge in [0.15, 0.2) is 0 Å². The Kier molecular flexibility index (Phi) is 3.91. The van der Waals surface area contributed by atoms with Crippen LogP contribution in [-0.2, 0) is 9.53 Å². The zero-order valence-corrected chi connectivity index (χ0v) is 11.7. The van der Waals surface area contributed by atoms with Crippen LogP contribution in [0.4, 0.5) is 0 Å². The lowest BCUT2D eigenvalue weighted by Crippen LogP contribution is -2.49. The average molecular weight is 289 g/mol. The molecular formula is C14H15N3O4. The molecule has 1 aliphatic heterocycles. The molecule has 2 atom stereocenters. The van der Waals surface area contributed by atoms with E-state index >= 15 is 0 Å². The summed E-state index contributed by atoms with van der Waals surface area (Å²) < 4.78 is 5.17. The number of aliphatic carboxylic acids is 1. The minimum Gasteiger partial charge on any atom is -0.481 e. The molecule has 7 heteroatoms. The van der Waals surface area contributed by atoms with Gasteiger partial charge in [0, 0.05) is 0 Å². The third kappa shape index (κ3) is 2.71. The third-order valence-corrected chi connectivity index (χ3v) is 3.69. The minimum absolute atomic E-state index is 0.0487. The SMILES string of the molecule is Cc1nc(C(=O)NC2COCC2(C)C(=O)O)ccc1C#N. The molecule has 0 radical (unpaired) electrons. The van der Waals surface area contributed by atoms with Gasteiger partial charge in [-0.25, -0.2) is 4.98 Å². The van der Waals surface area contributed by atoms with Crippen molar-refractivity contribution < 1.29 is 19.4 Å². The first kappa shape index (κ1) is 14.9. The Bertz CT molecular complexity index is 638.